The molecule has 0 aliphatic carbocycles. The first-order chi connectivity index (χ1) is 8.77. The van der Waals surface area contributed by atoms with Crippen LogP contribution >= 0.6 is 0 Å². The van der Waals surface area contributed by atoms with E-state index in [9.17, 15) is 0 Å². The summed E-state index contributed by atoms with van der Waals surface area (Å²) in [6.07, 6.45) is 8.31. The third-order valence-electron chi connectivity index (χ3n) is 2.45. The van der Waals surface area contributed by atoms with Crippen LogP contribution in [0.5, 0.6) is 0 Å². The average Bonchev–Trinajstić information content (AvgIpc) is 2.86. The molecule has 0 spiro atoms. The van der Waals surface area contributed by atoms with E-state index in [2.05, 4.69) is 27.0 Å². The minimum Gasteiger partial charge on any atom is -0.409 e. The van der Waals surface area contributed by atoms with Gasteiger partial charge in [0.25, 0.3) is 0 Å². The molecule has 0 fully saturated rings. The van der Waals surface area contributed by atoms with Crippen molar-refractivity contribution < 1.29 is 5.21 Å². The Morgan fingerprint density at radius 2 is 2.11 bits per heavy atom. The van der Waals surface area contributed by atoms with Gasteiger partial charge in [0.2, 0.25) is 0 Å². The highest BCUT2D eigenvalue weighted by molar-refractivity contribution is 5.97. The number of hydrogen-bond acceptors (Lipinski definition) is 5. The summed E-state index contributed by atoms with van der Waals surface area (Å²) < 4.78 is 1.80. The van der Waals surface area contributed by atoms with Gasteiger partial charge in [-0.05, 0) is 6.42 Å². The highest BCUT2D eigenvalue weighted by Crippen LogP contribution is 2.12. The van der Waals surface area contributed by atoms with Gasteiger partial charge in [0, 0.05) is 31.2 Å². The molecule has 18 heavy (non-hydrogen) atoms. The number of aryl methyl sites for hydroxylation is 1. The Hall–Kier alpha value is -2.44. The molecule has 0 amide bonds. The van der Waals surface area contributed by atoms with Crippen LogP contribution in [0.2, 0.25) is 0 Å². The fraction of sp³-hybridized carbons (Fsp3) is 0.273. The summed E-state index contributed by atoms with van der Waals surface area (Å²) in [5.74, 6) is 1.30. The summed E-state index contributed by atoms with van der Waals surface area (Å²) in [7, 11) is 0. The second-order valence-corrected chi connectivity index (χ2v) is 3.68. The normalized spacial score (nSPS) is 11.7. The molecule has 0 aliphatic heterocycles. The molecule has 0 radical (unpaired) electrons. The first kappa shape index (κ1) is 12.0. The quantitative estimate of drug-likeness (QED) is 0.358. The van der Waals surface area contributed by atoms with Gasteiger partial charge in [-0.25, -0.2) is 15.0 Å². The van der Waals surface area contributed by atoms with E-state index in [0.29, 0.717) is 11.5 Å². The standard InChI is InChI=1S/C11H14N6O/c1-2-3-8-13-6-7-17(8)11-9(10(12)16-18)14-4-5-15-11/h4-7,18H,2-3H2,1H3,(H2,12,16). The van der Waals surface area contributed by atoms with Gasteiger partial charge >= 0.3 is 0 Å². The number of nitrogens with two attached hydrogens (primary N) is 1. The number of rotatable bonds is 4. The van der Waals surface area contributed by atoms with Crippen LogP contribution in [0, 0.1) is 0 Å². The van der Waals surface area contributed by atoms with Gasteiger partial charge in [-0.15, -0.1) is 0 Å². The van der Waals surface area contributed by atoms with Gasteiger partial charge in [0.1, 0.15) is 5.82 Å². The predicted octanol–water partition coefficient (Wildman–Crippen LogP) is 0.709. The Bertz CT molecular complexity index is 562. The van der Waals surface area contributed by atoms with Gasteiger partial charge in [0.05, 0.1) is 0 Å². The summed E-state index contributed by atoms with van der Waals surface area (Å²) in [5, 5.41) is 11.7. The monoisotopic (exact) mass is 246 g/mol. The Kier molecular flexibility index (Phi) is 3.52. The van der Waals surface area contributed by atoms with Gasteiger partial charge in [-0.3, -0.25) is 4.57 Å². The molecule has 0 unspecified atom stereocenters. The lowest BCUT2D eigenvalue weighted by Gasteiger charge is -2.09. The Morgan fingerprint density at radius 1 is 1.33 bits per heavy atom. The summed E-state index contributed by atoms with van der Waals surface area (Å²) in [5.41, 5.74) is 5.92. The number of imidazole rings is 1. The maximum Gasteiger partial charge on any atom is 0.192 e. The van der Waals surface area contributed by atoms with Crippen molar-refractivity contribution in [1.29, 1.82) is 0 Å². The second kappa shape index (κ2) is 5.26. The number of oxime groups is 1. The molecular formula is C11H14N6O. The number of aromatic nitrogens is 4. The van der Waals surface area contributed by atoms with Gasteiger partial charge in [-0.2, -0.15) is 0 Å². The van der Waals surface area contributed by atoms with E-state index in [4.69, 9.17) is 10.9 Å². The lowest BCUT2D eigenvalue weighted by Crippen LogP contribution is -2.19. The highest BCUT2D eigenvalue weighted by atomic mass is 16.4. The lowest BCUT2D eigenvalue weighted by atomic mass is 10.3. The molecule has 7 nitrogen and oxygen atoms in total. The van der Waals surface area contributed by atoms with E-state index in [-0.39, 0.29) is 5.84 Å². The molecule has 2 aromatic heterocycles. The molecule has 2 rings (SSSR count). The van der Waals surface area contributed by atoms with E-state index in [1.165, 1.54) is 6.20 Å². The molecule has 0 saturated carbocycles. The molecule has 7 heteroatoms. The largest absolute Gasteiger partial charge is 0.409 e. The third kappa shape index (κ3) is 2.15. The first-order valence-electron chi connectivity index (χ1n) is 5.59. The van der Waals surface area contributed by atoms with E-state index < -0.39 is 0 Å². The summed E-state index contributed by atoms with van der Waals surface area (Å²) in [4.78, 5) is 12.6. The van der Waals surface area contributed by atoms with Gasteiger partial charge < -0.3 is 10.9 Å². The van der Waals surface area contributed by atoms with E-state index in [1.807, 2.05) is 0 Å². The highest BCUT2D eigenvalue weighted by Gasteiger charge is 2.14. The molecule has 2 aromatic rings. The van der Waals surface area contributed by atoms with Crippen molar-refractivity contribution in [2.75, 3.05) is 0 Å². The number of hydrogen-bond donors (Lipinski definition) is 2. The first-order valence-corrected chi connectivity index (χ1v) is 5.59. The van der Waals surface area contributed by atoms with Crippen LogP contribution in [-0.2, 0) is 6.42 Å². The second-order valence-electron chi connectivity index (χ2n) is 3.68. The molecule has 0 bridgehead atoms. The molecule has 0 saturated heterocycles. The van der Waals surface area contributed by atoms with Crippen LogP contribution in [0.1, 0.15) is 24.9 Å². The minimum absolute atomic E-state index is 0.0748. The van der Waals surface area contributed by atoms with Gasteiger partial charge in [0.15, 0.2) is 17.3 Å². The van der Waals surface area contributed by atoms with Crippen molar-refractivity contribution in [3.63, 3.8) is 0 Å². The van der Waals surface area contributed by atoms with Crippen molar-refractivity contribution in [2.45, 2.75) is 19.8 Å². The Balaban J connectivity index is 2.53. The third-order valence-corrected chi connectivity index (χ3v) is 2.45. The zero-order valence-corrected chi connectivity index (χ0v) is 9.98. The maximum absolute atomic E-state index is 8.75. The lowest BCUT2D eigenvalue weighted by molar-refractivity contribution is 0.318. The minimum atomic E-state index is -0.0748. The van der Waals surface area contributed by atoms with Crippen LogP contribution in [-0.4, -0.2) is 30.6 Å². The predicted molar refractivity (Wildman–Crippen MR) is 65.7 cm³/mol. The van der Waals surface area contributed by atoms with Crippen LogP contribution in [0.3, 0.4) is 0 Å². The number of amidine groups is 1. The van der Waals surface area contributed by atoms with E-state index >= 15 is 0 Å². The SMILES string of the molecule is CCCc1nccn1-c1nccnc1/C(N)=N/O. The van der Waals surface area contributed by atoms with Crippen LogP contribution in [0.4, 0.5) is 0 Å². The van der Waals surface area contributed by atoms with Crippen molar-refractivity contribution in [3.05, 3.63) is 36.3 Å². The van der Waals surface area contributed by atoms with Crippen LogP contribution in [0.25, 0.3) is 5.82 Å². The van der Waals surface area contributed by atoms with Crippen LogP contribution in [0.15, 0.2) is 29.9 Å². The zero-order valence-electron chi connectivity index (χ0n) is 9.98. The fourth-order valence-electron chi connectivity index (χ4n) is 1.67. The Labute approximate surface area is 104 Å². The summed E-state index contributed by atoms with van der Waals surface area (Å²) in [6.45, 7) is 2.07. The molecule has 94 valence electrons. The molecule has 0 atom stereocenters. The number of nitrogens with zero attached hydrogens (tertiary/aromatic N) is 5. The Morgan fingerprint density at radius 3 is 2.83 bits per heavy atom. The van der Waals surface area contributed by atoms with Crippen molar-refractivity contribution in [3.8, 4) is 5.82 Å². The smallest absolute Gasteiger partial charge is 0.192 e. The molecule has 3 N–H and O–H groups in total. The fourth-order valence-corrected chi connectivity index (χ4v) is 1.67. The maximum atomic E-state index is 8.75. The topological polar surface area (TPSA) is 102 Å². The van der Waals surface area contributed by atoms with Crippen molar-refractivity contribution in [2.24, 2.45) is 10.9 Å². The summed E-state index contributed by atoms with van der Waals surface area (Å²) in [6, 6.07) is 0. The van der Waals surface area contributed by atoms with Gasteiger partial charge in [-0.1, -0.05) is 12.1 Å². The van der Waals surface area contributed by atoms with Crippen molar-refractivity contribution >= 4 is 5.84 Å². The zero-order chi connectivity index (χ0) is 13.0. The van der Waals surface area contributed by atoms with Crippen molar-refractivity contribution in [1.82, 2.24) is 19.5 Å². The molecule has 2 heterocycles. The molecule has 0 aliphatic rings. The molecular weight excluding hydrogens is 232 g/mol. The van der Waals surface area contributed by atoms with E-state index in [1.54, 1.807) is 23.2 Å². The average molecular weight is 246 g/mol. The summed E-state index contributed by atoms with van der Waals surface area (Å²) >= 11 is 0. The van der Waals surface area contributed by atoms with Crippen LogP contribution < -0.4 is 5.73 Å². The molecule has 0 aromatic carbocycles. The van der Waals surface area contributed by atoms with E-state index in [0.717, 1.165) is 18.7 Å².